The molecule has 0 atom stereocenters. The zero-order chi connectivity index (χ0) is 25.0. The van der Waals surface area contributed by atoms with Gasteiger partial charge in [0, 0.05) is 38.9 Å². The fraction of sp³-hybridized carbons (Fsp3) is 0.120. The van der Waals surface area contributed by atoms with Gasteiger partial charge < -0.3 is 10.4 Å². The van der Waals surface area contributed by atoms with E-state index in [1.54, 1.807) is 17.5 Å². The molecule has 0 unspecified atom stereocenters. The molecule has 1 aliphatic heterocycles. The molecular weight excluding hydrogens is 479 g/mol. The zero-order valence-electron chi connectivity index (χ0n) is 18.0. The summed E-state index contributed by atoms with van der Waals surface area (Å²) in [6.45, 7) is 0.682. The molecule has 1 amide bonds. The average Bonchev–Trinajstić information content (AvgIpc) is 3.46. The van der Waals surface area contributed by atoms with Gasteiger partial charge in [0.05, 0.1) is 13.0 Å². The molecule has 0 saturated heterocycles. The molecule has 3 heterocycles. The van der Waals surface area contributed by atoms with Gasteiger partial charge >= 0.3 is 12.1 Å². The summed E-state index contributed by atoms with van der Waals surface area (Å²) in [7, 11) is 0. The third kappa shape index (κ3) is 5.90. The molecule has 0 aliphatic carbocycles. The average molecular weight is 497 g/mol. The van der Waals surface area contributed by atoms with Crippen LogP contribution < -0.4 is 5.32 Å². The third-order valence-electron chi connectivity index (χ3n) is 5.05. The summed E-state index contributed by atoms with van der Waals surface area (Å²) in [4.78, 5) is 31.2. The molecule has 0 saturated carbocycles. The van der Waals surface area contributed by atoms with Gasteiger partial charge in [-0.1, -0.05) is 24.3 Å². The number of aliphatic imine (C=N–C) groups is 1. The molecule has 0 spiro atoms. The van der Waals surface area contributed by atoms with Gasteiger partial charge in [-0.2, -0.15) is 13.2 Å². The van der Waals surface area contributed by atoms with Gasteiger partial charge in [0.25, 0.3) is 0 Å². The fourth-order valence-corrected chi connectivity index (χ4v) is 4.61. The van der Waals surface area contributed by atoms with Crippen molar-refractivity contribution in [2.24, 2.45) is 4.99 Å². The minimum absolute atomic E-state index is 0.0733. The standard InChI is InChI=1S/C23H17N3OS.C2HF3O2/c27-23(12-17-6-3-4-8-25-17)26-18-9-16-13-24-14-20(16)19(11-18)22-10-15-5-1-2-7-21(15)28-22;3-2(4,5)1(6)7/h1-11,13H,12,14H2,(H,26,27);(H,6,7). The number of nitrogens with one attached hydrogen (secondary N) is 1. The van der Waals surface area contributed by atoms with Crippen LogP contribution >= 0.6 is 11.3 Å². The van der Waals surface area contributed by atoms with Crippen molar-refractivity contribution in [3.63, 3.8) is 0 Å². The monoisotopic (exact) mass is 497 g/mol. The first-order valence-electron chi connectivity index (χ1n) is 10.4. The highest BCUT2D eigenvalue weighted by atomic mass is 32.1. The summed E-state index contributed by atoms with van der Waals surface area (Å²) in [6.07, 6.45) is -1.24. The second-order valence-corrected chi connectivity index (χ2v) is 8.64. The number of fused-ring (bicyclic) bond motifs is 2. The van der Waals surface area contributed by atoms with Crippen LogP contribution in [-0.2, 0) is 22.6 Å². The van der Waals surface area contributed by atoms with Gasteiger partial charge in [0.15, 0.2) is 0 Å². The van der Waals surface area contributed by atoms with E-state index in [0.29, 0.717) is 6.54 Å². The molecule has 6 nitrogen and oxygen atoms in total. The number of rotatable bonds is 4. The number of anilines is 1. The lowest BCUT2D eigenvalue weighted by atomic mass is 10.00. The van der Waals surface area contributed by atoms with Crippen LogP contribution in [0.2, 0.25) is 0 Å². The van der Waals surface area contributed by atoms with Crippen molar-refractivity contribution in [3.05, 3.63) is 83.7 Å². The van der Waals surface area contributed by atoms with Crippen LogP contribution in [0.1, 0.15) is 16.8 Å². The first-order valence-corrected chi connectivity index (χ1v) is 11.2. The highest BCUT2D eigenvalue weighted by molar-refractivity contribution is 7.22. The van der Waals surface area contributed by atoms with Crippen molar-refractivity contribution in [1.82, 2.24) is 4.98 Å². The first-order chi connectivity index (χ1) is 16.7. The largest absolute Gasteiger partial charge is 0.490 e. The number of aliphatic carboxylic acids is 1. The SMILES string of the molecule is O=C(Cc1ccccn1)Nc1cc2c(c(-c3cc4ccccc4s3)c1)CN=C2.O=C(O)C(F)(F)F. The number of hydrogen-bond donors (Lipinski definition) is 2. The van der Waals surface area contributed by atoms with E-state index < -0.39 is 12.1 Å². The molecule has 2 N–H and O–H groups in total. The predicted octanol–water partition coefficient (Wildman–Crippen LogP) is 5.71. The van der Waals surface area contributed by atoms with Crippen LogP contribution in [0.25, 0.3) is 20.5 Å². The van der Waals surface area contributed by atoms with Crippen molar-refractivity contribution < 1.29 is 27.9 Å². The van der Waals surface area contributed by atoms with Crippen LogP contribution in [0, 0.1) is 0 Å². The molecular formula is C25H18F3N3O3S. The van der Waals surface area contributed by atoms with Gasteiger partial charge in [-0.15, -0.1) is 11.3 Å². The molecule has 5 rings (SSSR count). The Morgan fingerprint density at radius 2 is 1.80 bits per heavy atom. The van der Waals surface area contributed by atoms with Gasteiger partial charge in [0.2, 0.25) is 5.91 Å². The van der Waals surface area contributed by atoms with E-state index in [4.69, 9.17) is 9.90 Å². The number of alkyl halides is 3. The Balaban J connectivity index is 0.000000364. The third-order valence-corrected chi connectivity index (χ3v) is 6.20. The Kier molecular flexibility index (Phi) is 6.92. The molecule has 35 heavy (non-hydrogen) atoms. The van der Waals surface area contributed by atoms with Crippen LogP contribution in [0.5, 0.6) is 0 Å². The molecule has 1 aliphatic rings. The quantitative estimate of drug-likeness (QED) is 0.378. The summed E-state index contributed by atoms with van der Waals surface area (Å²) in [5.41, 5.74) is 4.98. The lowest BCUT2D eigenvalue weighted by molar-refractivity contribution is -0.192. The number of hydrogen-bond acceptors (Lipinski definition) is 5. The number of thiophene rings is 1. The number of carbonyl (C=O) groups excluding carboxylic acids is 1. The van der Waals surface area contributed by atoms with Crippen molar-refractivity contribution in [3.8, 4) is 10.4 Å². The van der Waals surface area contributed by atoms with Gasteiger partial charge in [-0.3, -0.25) is 14.8 Å². The van der Waals surface area contributed by atoms with Crippen LogP contribution in [0.15, 0.2) is 71.9 Å². The molecule has 0 fully saturated rings. The highest BCUT2D eigenvalue weighted by Crippen LogP contribution is 2.39. The van der Waals surface area contributed by atoms with Crippen molar-refractivity contribution in [2.45, 2.75) is 19.1 Å². The fourth-order valence-electron chi connectivity index (χ4n) is 3.50. The van der Waals surface area contributed by atoms with E-state index >= 15 is 0 Å². The number of aromatic nitrogens is 1. The van der Waals surface area contributed by atoms with Crippen LogP contribution in [-0.4, -0.2) is 34.4 Å². The van der Waals surface area contributed by atoms with Gasteiger partial charge in [-0.05, 0) is 52.9 Å². The molecule has 2 aromatic heterocycles. The van der Waals surface area contributed by atoms with E-state index in [0.717, 1.165) is 22.5 Å². The maximum absolute atomic E-state index is 12.5. The Morgan fingerprint density at radius 3 is 2.49 bits per heavy atom. The summed E-state index contributed by atoms with van der Waals surface area (Å²) in [5, 5.41) is 11.4. The number of halogens is 3. The number of carbonyl (C=O) groups is 2. The minimum atomic E-state index is -5.08. The Hall–Kier alpha value is -4.05. The highest BCUT2D eigenvalue weighted by Gasteiger charge is 2.38. The number of carboxylic acids is 1. The summed E-state index contributed by atoms with van der Waals surface area (Å²) < 4.78 is 33.0. The minimum Gasteiger partial charge on any atom is -0.475 e. The number of amides is 1. The van der Waals surface area contributed by atoms with Crippen molar-refractivity contribution in [2.75, 3.05) is 5.32 Å². The number of pyridine rings is 1. The topological polar surface area (TPSA) is 91.7 Å². The van der Waals surface area contributed by atoms with E-state index in [1.807, 2.05) is 30.5 Å². The van der Waals surface area contributed by atoms with Crippen molar-refractivity contribution >= 4 is 45.2 Å². The van der Waals surface area contributed by atoms with Crippen LogP contribution in [0.4, 0.5) is 18.9 Å². The normalized spacial score (nSPS) is 12.1. The van der Waals surface area contributed by atoms with Gasteiger partial charge in [0.1, 0.15) is 0 Å². The van der Waals surface area contributed by atoms with E-state index in [-0.39, 0.29) is 12.3 Å². The second kappa shape index (κ2) is 10.1. The molecule has 10 heteroatoms. The van der Waals surface area contributed by atoms with E-state index in [2.05, 4.69) is 51.7 Å². The first kappa shape index (κ1) is 24.1. The van der Waals surface area contributed by atoms with E-state index in [1.165, 1.54) is 20.5 Å². The Bertz CT molecular complexity index is 1380. The van der Waals surface area contributed by atoms with Gasteiger partial charge in [-0.25, -0.2) is 4.79 Å². The molecule has 178 valence electrons. The van der Waals surface area contributed by atoms with E-state index in [9.17, 15) is 18.0 Å². The summed E-state index contributed by atoms with van der Waals surface area (Å²) >= 11 is 1.77. The summed E-state index contributed by atoms with van der Waals surface area (Å²) in [6, 6.07) is 20.3. The lowest BCUT2D eigenvalue weighted by Crippen LogP contribution is -2.21. The summed E-state index contributed by atoms with van der Waals surface area (Å²) in [5.74, 6) is -2.83. The Labute approximate surface area is 201 Å². The molecule has 4 aromatic rings. The number of carboxylic acid groups (broad SMARTS) is 1. The predicted molar refractivity (Wildman–Crippen MR) is 129 cm³/mol. The zero-order valence-corrected chi connectivity index (χ0v) is 18.9. The van der Waals surface area contributed by atoms with Crippen molar-refractivity contribution in [1.29, 1.82) is 0 Å². The Morgan fingerprint density at radius 1 is 1.06 bits per heavy atom. The maximum Gasteiger partial charge on any atom is 0.490 e. The molecule has 0 bridgehead atoms. The maximum atomic E-state index is 12.5. The number of benzene rings is 2. The molecule has 0 radical (unpaired) electrons. The smallest absolute Gasteiger partial charge is 0.475 e. The number of nitrogens with zero attached hydrogens (tertiary/aromatic N) is 2. The second-order valence-electron chi connectivity index (χ2n) is 7.56. The molecule has 2 aromatic carbocycles. The lowest BCUT2D eigenvalue weighted by Gasteiger charge is -2.11. The van der Waals surface area contributed by atoms with Crippen LogP contribution in [0.3, 0.4) is 0 Å².